The second kappa shape index (κ2) is 7.10. The minimum atomic E-state index is -0.787. The van der Waals surface area contributed by atoms with Gasteiger partial charge in [-0.2, -0.15) is 0 Å². The van der Waals surface area contributed by atoms with Crippen LogP contribution in [0.1, 0.15) is 29.5 Å². The lowest BCUT2D eigenvalue weighted by Crippen LogP contribution is -2.26. The summed E-state index contributed by atoms with van der Waals surface area (Å²) in [5.41, 5.74) is 0. The first-order valence-electron chi connectivity index (χ1n) is 5.62. The van der Waals surface area contributed by atoms with Gasteiger partial charge in [-0.05, 0) is 18.6 Å². The molecule has 0 fully saturated rings. The summed E-state index contributed by atoms with van der Waals surface area (Å²) in [5.74, 6) is 1.86. The predicted octanol–water partition coefficient (Wildman–Crippen LogP) is 2.27. The van der Waals surface area contributed by atoms with Crippen molar-refractivity contribution in [2.24, 2.45) is 0 Å². The molecule has 3 nitrogen and oxygen atoms in total. The van der Waals surface area contributed by atoms with Crippen molar-refractivity contribution in [1.29, 1.82) is 0 Å². The number of carboxylic acids is 1. The average Bonchev–Trinajstić information content (AvgIpc) is 2.71. The van der Waals surface area contributed by atoms with Gasteiger partial charge in [0.2, 0.25) is 0 Å². The van der Waals surface area contributed by atoms with E-state index in [4.69, 9.17) is 11.5 Å². The fraction of sp³-hybridized carbons (Fsp3) is 0.462. The van der Waals surface area contributed by atoms with Gasteiger partial charge in [-0.15, -0.1) is 23.7 Å². The van der Waals surface area contributed by atoms with Crippen molar-refractivity contribution < 1.29 is 9.90 Å². The summed E-state index contributed by atoms with van der Waals surface area (Å²) >= 11 is 1.54. The summed E-state index contributed by atoms with van der Waals surface area (Å²) in [6.45, 7) is 2.85. The van der Waals surface area contributed by atoms with Gasteiger partial charge in [0.15, 0.2) is 0 Å². The molecule has 0 spiro atoms. The second-order valence-corrected chi connectivity index (χ2v) is 5.09. The molecule has 0 radical (unpaired) electrons. The SMILES string of the molecule is C#CCC(CC)NCc1ccc(CC(=O)O)s1. The Labute approximate surface area is 106 Å². The molecule has 92 valence electrons. The van der Waals surface area contributed by atoms with Crippen molar-refractivity contribution >= 4 is 17.3 Å². The van der Waals surface area contributed by atoms with Crippen LogP contribution in [-0.2, 0) is 17.8 Å². The summed E-state index contributed by atoms with van der Waals surface area (Å²) in [4.78, 5) is 12.6. The monoisotopic (exact) mass is 251 g/mol. The predicted molar refractivity (Wildman–Crippen MR) is 70.0 cm³/mol. The minimum absolute atomic E-state index is 0.103. The Morgan fingerprint density at radius 1 is 1.59 bits per heavy atom. The van der Waals surface area contributed by atoms with E-state index >= 15 is 0 Å². The highest BCUT2D eigenvalue weighted by atomic mass is 32.1. The van der Waals surface area contributed by atoms with Crippen LogP contribution < -0.4 is 5.32 Å². The Bertz CT molecular complexity index is 406. The largest absolute Gasteiger partial charge is 0.481 e. The lowest BCUT2D eigenvalue weighted by atomic mass is 10.1. The molecule has 0 amide bonds. The molecule has 1 atom stereocenters. The Morgan fingerprint density at radius 2 is 2.29 bits per heavy atom. The van der Waals surface area contributed by atoms with Gasteiger partial charge in [0, 0.05) is 28.8 Å². The van der Waals surface area contributed by atoms with E-state index in [9.17, 15) is 4.79 Å². The van der Waals surface area contributed by atoms with E-state index in [-0.39, 0.29) is 6.42 Å². The zero-order valence-electron chi connectivity index (χ0n) is 9.90. The van der Waals surface area contributed by atoms with Crippen LogP contribution >= 0.6 is 11.3 Å². The van der Waals surface area contributed by atoms with Gasteiger partial charge in [0.1, 0.15) is 0 Å². The Balaban J connectivity index is 2.44. The van der Waals surface area contributed by atoms with E-state index in [2.05, 4.69) is 18.2 Å². The van der Waals surface area contributed by atoms with Gasteiger partial charge in [-0.1, -0.05) is 6.92 Å². The molecule has 1 aromatic heterocycles. The van der Waals surface area contributed by atoms with Gasteiger partial charge in [0.05, 0.1) is 6.42 Å². The number of hydrogen-bond acceptors (Lipinski definition) is 3. The molecule has 0 aliphatic heterocycles. The summed E-state index contributed by atoms with van der Waals surface area (Å²) in [5, 5.41) is 12.0. The number of rotatable bonds is 7. The van der Waals surface area contributed by atoms with Crippen LogP contribution in [0.25, 0.3) is 0 Å². The topological polar surface area (TPSA) is 49.3 Å². The van der Waals surface area contributed by atoms with Crippen molar-refractivity contribution in [2.45, 2.75) is 38.8 Å². The van der Waals surface area contributed by atoms with E-state index in [1.165, 1.54) is 11.3 Å². The van der Waals surface area contributed by atoms with Crippen LogP contribution in [0.3, 0.4) is 0 Å². The molecule has 4 heteroatoms. The Morgan fingerprint density at radius 3 is 2.88 bits per heavy atom. The maximum absolute atomic E-state index is 10.5. The third kappa shape index (κ3) is 5.03. The molecule has 0 bridgehead atoms. The van der Waals surface area contributed by atoms with Gasteiger partial charge in [-0.25, -0.2) is 0 Å². The highest BCUT2D eigenvalue weighted by Gasteiger charge is 2.07. The Hall–Kier alpha value is -1.31. The van der Waals surface area contributed by atoms with Gasteiger partial charge < -0.3 is 10.4 Å². The van der Waals surface area contributed by atoms with Crippen LogP contribution in [0.5, 0.6) is 0 Å². The number of nitrogens with one attached hydrogen (secondary N) is 1. The summed E-state index contributed by atoms with van der Waals surface area (Å²) in [6.07, 6.45) is 7.11. The maximum atomic E-state index is 10.5. The zero-order valence-corrected chi connectivity index (χ0v) is 10.7. The molecule has 1 heterocycles. The Kier molecular flexibility index (Phi) is 5.75. The van der Waals surface area contributed by atoms with E-state index in [0.29, 0.717) is 6.04 Å². The molecular formula is C13H17NO2S. The van der Waals surface area contributed by atoms with Crippen LogP contribution in [0, 0.1) is 12.3 Å². The molecule has 1 aromatic rings. The molecule has 0 saturated heterocycles. The molecule has 1 unspecified atom stereocenters. The van der Waals surface area contributed by atoms with Crippen LogP contribution in [0.15, 0.2) is 12.1 Å². The van der Waals surface area contributed by atoms with E-state index in [1.807, 2.05) is 12.1 Å². The van der Waals surface area contributed by atoms with Crippen LogP contribution in [-0.4, -0.2) is 17.1 Å². The van der Waals surface area contributed by atoms with Crippen molar-refractivity contribution in [3.8, 4) is 12.3 Å². The fourth-order valence-electron chi connectivity index (χ4n) is 1.51. The maximum Gasteiger partial charge on any atom is 0.308 e. The number of hydrogen-bond donors (Lipinski definition) is 2. The standard InChI is InChI=1S/C13H17NO2S/c1-3-5-10(4-2)14-9-12-7-6-11(17-12)8-13(15)16/h1,6-7,10,14H,4-5,8-9H2,2H3,(H,15,16). The van der Waals surface area contributed by atoms with E-state index < -0.39 is 5.97 Å². The zero-order chi connectivity index (χ0) is 12.7. The summed E-state index contributed by atoms with van der Waals surface area (Å²) in [6, 6.07) is 4.18. The average molecular weight is 251 g/mol. The molecule has 0 aromatic carbocycles. The van der Waals surface area contributed by atoms with Gasteiger partial charge in [0.25, 0.3) is 0 Å². The lowest BCUT2D eigenvalue weighted by molar-refractivity contribution is -0.136. The van der Waals surface area contributed by atoms with E-state index in [0.717, 1.165) is 29.1 Å². The number of carboxylic acid groups (broad SMARTS) is 1. The van der Waals surface area contributed by atoms with Crippen molar-refractivity contribution in [3.63, 3.8) is 0 Å². The molecule has 17 heavy (non-hydrogen) atoms. The number of thiophene rings is 1. The highest BCUT2D eigenvalue weighted by molar-refractivity contribution is 7.12. The normalized spacial score (nSPS) is 12.0. The molecule has 0 aliphatic carbocycles. The van der Waals surface area contributed by atoms with Crippen LogP contribution in [0.2, 0.25) is 0 Å². The molecule has 2 N–H and O–H groups in total. The number of terminal acetylenes is 1. The molecular weight excluding hydrogens is 234 g/mol. The smallest absolute Gasteiger partial charge is 0.308 e. The first-order chi connectivity index (χ1) is 8.15. The quantitative estimate of drug-likeness (QED) is 0.731. The lowest BCUT2D eigenvalue weighted by Gasteiger charge is -2.12. The van der Waals surface area contributed by atoms with Crippen LogP contribution in [0.4, 0.5) is 0 Å². The second-order valence-electron chi connectivity index (χ2n) is 3.83. The number of carbonyl (C=O) groups is 1. The van der Waals surface area contributed by atoms with Crippen molar-refractivity contribution in [2.75, 3.05) is 0 Å². The molecule has 0 saturated carbocycles. The van der Waals surface area contributed by atoms with Crippen molar-refractivity contribution in [1.82, 2.24) is 5.32 Å². The fourth-order valence-corrected chi connectivity index (χ4v) is 2.47. The highest BCUT2D eigenvalue weighted by Crippen LogP contribution is 2.17. The summed E-state index contributed by atoms with van der Waals surface area (Å²) in [7, 11) is 0. The van der Waals surface area contributed by atoms with E-state index in [1.54, 1.807) is 0 Å². The van der Waals surface area contributed by atoms with Gasteiger partial charge >= 0.3 is 5.97 Å². The third-order valence-corrected chi connectivity index (χ3v) is 3.55. The van der Waals surface area contributed by atoms with Gasteiger partial charge in [-0.3, -0.25) is 4.79 Å². The van der Waals surface area contributed by atoms with Crippen molar-refractivity contribution in [3.05, 3.63) is 21.9 Å². The third-order valence-electron chi connectivity index (χ3n) is 2.46. The first-order valence-corrected chi connectivity index (χ1v) is 6.43. The summed E-state index contributed by atoms with van der Waals surface area (Å²) < 4.78 is 0. The number of aliphatic carboxylic acids is 1. The first kappa shape index (κ1) is 13.8. The molecule has 0 aliphatic rings. The molecule has 1 rings (SSSR count). The minimum Gasteiger partial charge on any atom is -0.481 e.